The van der Waals surface area contributed by atoms with Crippen molar-refractivity contribution < 1.29 is 18.7 Å². The smallest absolute Gasteiger partial charge is 0.257 e. The van der Waals surface area contributed by atoms with Crippen LogP contribution in [-0.2, 0) is 0 Å². The first kappa shape index (κ1) is 22.0. The minimum absolute atomic E-state index is 0.0781. The lowest BCUT2D eigenvalue weighted by Gasteiger charge is -2.34. The van der Waals surface area contributed by atoms with Crippen LogP contribution in [0.25, 0.3) is 12.2 Å². The predicted molar refractivity (Wildman–Crippen MR) is 124 cm³/mol. The number of hydrogen-bond acceptors (Lipinski definition) is 7. The average molecular weight is 444 g/mol. The van der Waals surface area contributed by atoms with Gasteiger partial charge in [-0.25, -0.2) is 0 Å². The van der Waals surface area contributed by atoms with Gasteiger partial charge in [-0.15, -0.1) is 0 Å². The zero-order valence-electron chi connectivity index (χ0n) is 18.5. The van der Waals surface area contributed by atoms with E-state index in [1.165, 1.54) is 0 Å². The van der Waals surface area contributed by atoms with Crippen LogP contribution in [0.2, 0.25) is 0 Å². The number of hydrogen-bond donors (Lipinski definition) is 0. The molecule has 1 amide bonds. The quantitative estimate of drug-likeness (QED) is 0.572. The van der Waals surface area contributed by atoms with Gasteiger partial charge in [0.1, 0.15) is 17.6 Å². The Morgan fingerprint density at radius 1 is 1.00 bits per heavy atom. The van der Waals surface area contributed by atoms with Crippen molar-refractivity contribution in [2.75, 3.05) is 45.3 Å². The number of piperazine rings is 1. The van der Waals surface area contributed by atoms with Gasteiger partial charge in [0.15, 0.2) is 0 Å². The molecule has 1 aliphatic heterocycles. The van der Waals surface area contributed by atoms with Crippen molar-refractivity contribution in [3.63, 3.8) is 0 Å². The summed E-state index contributed by atoms with van der Waals surface area (Å²) in [6, 6.07) is 16.9. The molecule has 1 saturated heterocycles. The summed E-state index contributed by atoms with van der Waals surface area (Å²) in [7, 11) is 3.17. The molecule has 8 heteroatoms. The van der Waals surface area contributed by atoms with Crippen LogP contribution in [0.4, 0.5) is 5.88 Å². The fourth-order valence-corrected chi connectivity index (χ4v) is 3.76. The van der Waals surface area contributed by atoms with Crippen LogP contribution in [-0.4, -0.2) is 56.2 Å². The first-order valence-corrected chi connectivity index (χ1v) is 10.5. The lowest BCUT2D eigenvalue weighted by atomic mass is 10.1. The molecule has 33 heavy (non-hydrogen) atoms. The van der Waals surface area contributed by atoms with Crippen molar-refractivity contribution in [2.45, 2.75) is 0 Å². The van der Waals surface area contributed by atoms with Gasteiger partial charge in [-0.2, -0.15) is 10.2 Å². The van der Waals surface area contributed by atoms with Crippen molar-refractivity contribution in [3.05, 3.63) is 71.2 Å². The highest BCUT2D eigenvalue weighted by atomic mass is 16.5. The highest BCUT2D eigenvalue weighted by Gasteiger charge is 2.27. The van der Waals surface area contributed by atoms with E-state index in [2.05, 4.69) is 11.1 Å². The lowest BCUT2D eigenvalue weighted by Crippen LogP contribution is -2.49. The summed E-state index contributed by atoms with van der Waals surface area (Å²) in [6.07, 6.45) is 3.54. The SMILES string of the molecule is COc1ccccc1/C=C/c1nc(C#N)c(N2CCN(C(=O)c3ccccc3OC)CC2)o1. The standard InChI is InChI=1S/C25H24N4O4/c1-31-21-9-5-3-7-18(21)11-12-23-27-20(17-26)25(33-23)29-15-13-28(14-16-29)24(30)19-8-4-6-10-22(19)32-2/h3-12H,13-16H2,1-2H3/b12-11+. The van der Waals surface area contributed by atoms with Crippen LogP contribution < -0.4 is 14.4 Å². The van der Waals surface area contributed by atoms with Crippen molar-refractivity contribution in [2.24, 2.45) is 0 Å². The Kier molecular flexibility index (Phi) is 6.60. The van der Waals surface area contributed by atoms with Gasteiger partial charge in [0.2, 0.25) is 17.5 Å². The number of nitriles is 1. The van der Waals surface area contributed by atoms with E-state index in [1.807, 2.05) is 47.4 Å². The molecule has 1 fully saturated rings. The van der Waals surface area contributed by atoms with Gasteiger partial charge in [0, 0.05) is 37.8 Å². The molecule has 3 aromatic rings. The minimum atomic E-state index is -0.0781. The van der Waals surface area contributed by atoms with Crippen LogP contribution in [0, 0.1) is 11.3 Å². The van der Waals surface area contributed by atoms with Gasteiger partial charge in [-0.3, -0.25) is 4.79 Å². The lowest BCUT2D eigenvalue weighted by molar-refractivity contribution is 0.0742. The highest BCUT2D eigenvalue weighted by Crippen LogP contribution is 2.26. The molecular weight excluding hydrogens is 420 g/mol. The van der Waals surface area contributed by atoms with Crippen LogP contribution in [0.15, 0.2) is 52.9 Å². The number of anilines is 1. The molecule has 168 valence electrons. The maximum atomic E-state index is 12.9. The van der Waals surface area contributed by atoms with Gasteiger partial charge in [0.25, 0.3) is 5.91 Å². The second kappa shape index (κ2) is 9.92. The summed E-state index contributed by atoms with van der Waals surface area (Å²) in [5.74, 6) is 1.96. The van der Waals surface area contributed by atoms with Gasteiger partial charge in [0.05, 0.1) is 19.8 Å². The maximum Gasteiger partial charge on any atom is 0.257 e. The van der Waals surface area contributed by atoms with E-state index in [0.717, 1.165) is 11.3 Å². The summed E-state index contributed by atoms with van der Waals surface area (Å²) in [5, 5.41) is 9.55. The number of nitrogens with zero attached hydrogens (tertiary/aromatic N) is 4. The first-order valence-electron chi connectivity index (χ1n) is 10.5. The molecule has 0 saturated carbocycles. The Labute approximate surface area is 192 Å². The van der Waals surface area contributed by atoms with Crippen LogP contribution in [0.3, 0.4) is 0 Å². The van der Waals surface area contributed by atoms with Crippen LogP contribution in [0.5, 0.6) is 11.5 Å². The summed E-state index contributed by atoms with van der Waals surface area (Å²) < 4.78 is 16.6. The number of aromatic nitrogens is 1. The van der Waals surface area contributed by atoms with Gasteiger partial charge < -0.3 is 23.7 Å². The van der Waals surface area contributed by atoms with Gasteiger partial charge in [-0.1, -0.05) is 30.3 Å². The number of oxazole rings is 1. The van der Waals surface area contributed by atoms with Crippen LogP contribution >= 0.6 is 0 Å². The Morgan fingerprint density at radius 2 is 1.67 bits per heavy atom. The average Bonchev–Trinajstić information content (AvgIpc) is 3.30. The number of carbonyl (C=O) groups is 1. The summed E-state index contributed by atoms with van der Waals surface area (Å²) in [6.45, 7) is 2.05. The fraction of sp³-hybridized carbons (Fsp3) is 0.240. The largest absolute Gasteiger partial charge is 0.496 e. The minimum Gasteiger partial charge on any atom is -0.496 e. The van der Waals surface area contributed by atoms with E-state index in [0.29, 0.717) is 49.3 Å². The number of methoxy groups -OCH3 is 2. The topological polar surface area (TPSA) is 91.8 Å². The molecule has 1 aliphatic rings. The molecule has 0 radical (unpaired) electrons. The third kappa shape index (κ3) is 4.67. The zero-order valence-corrected chi connectivity index (χ0v) is 18.5. The summed E-state index contributed by atoms with van der Waals surface area (Å²) in [5.41, 5.74) is 1.63. The Balaban J connectivity index is 1.46. The van der Waals surface area contributed by atoms with E-state index in [-0.39, 0.29) is 11.6 Å². The second-order valence-electron chi connectivity index (χ2n) is 7.37. The second-order valence-corrected chi connectivity index (χ2v) is 7.37. The van der Waals surface area contributed by atoms with E-state index < -0.39 is 0 Å². The Bertz CT molecular complexity index is 1200. The molecule has 0 aliphatic carbocycles. The van der Waals surface area contributed by atoms with E-state index in [1.54, 1.807) is 37.3 Å². The third-order valence-corrected chi connectivity index (χ3v) is 5.47. The molecule has 8 nitrogen and oxygen atoms in total. The van der Waals surface area contributed by atoms with E-state index >= 15 is 0 Å². The monoisotopic (exact) mass is 444 g/mol. The Morgan fingerprint density at radius 3 is 2.36 bits per heavy atom. The molecule has 0 spiro atoms. The molecule has 2 heterocycles. The van der Waals surface area contributed by atoms with Crippen molar-refractivity contribution >= 4 is 23.9 Å². The number of carbonyl (C=O) groups excluding carboxylic acids is 1. The number of benzene rings is 2. The molecular formula is C25H24N4O4. The van der Waals surface area contributed by atoms with E-state index in [9.17, 15) is 10.1 Å². The normalized spacial score (nSPS) is 13.7. The summed E-state index contributed by atoms with van der Waals surface area (Å²) >= 11 is 0. The van der Waals surface area contributed by atoms with Crippen LogP contribution in [0.1, 0.15) is 27.5 Å². The molecule has 1 aromatic heterocycles. The van der Waals surface area contributed by atoms with Crippen molar-refractivity contribution in [3.8, 4) is 17.6 Å². The number of para-hydroxylation sites is 2. The number of rotatable bonds is 6. The molecule has 0 atom stereocenters. The van der Waals surface area contributed by atoms with Crippen molar-refractivity contribution in [1.82, 2.24) is 9.88 Å². The number of ether oxygens (including phenoxy) is 2. The highest BCUT2D eigenvalue weighted by molar-refractivity contribution is 5.97. The van der Waals surface area contributed by atoms with E-state index in [4.69, 9.17) is 13.9 Å². The first-order chi connectivity index (χ1) is 16.1. The fourth-order valence-electron chi connectivity index (χ4n) is 3.76. The third-order valence-electron chi connectivity index (χ3n) is 5.47. The zero-order chi connectivity index (χ0) is 23.2. The van der Waals surface area contributed by atoms with Gasteiger partial charge in [-0.05, 0) is 24.3 Å². The molecule has 0 unspecified atom stereocenters. The molecule has 0 N–H and O–H groups in total. The summed E-state index contributed by atoms with van der Waals surface area (Å²) in [4.78, 5) is 21.0. The van der Waals surface area contributed by atoms with Gasteiger partial charge >= 0.3 is 0 Å². The molecule has 0 bridgehead atoms. The molecule has 4 rings (SSSR count). The van der Waals surface area contributed by atoms with Crippen molar-refractivity contribution in [1.29, 1.82) is 5.26 Å². The maximum absolute atomic E-state index is 12.9. The number of amides is 1. The molecule has 2 aromatic carbocycles. The predicted octanol–water partition coefficient (Wildman–Crippen LogP) is 3.70. The Hall–Kier alpha value is -4.25.